The molecule has 1 aromatic rings. The molecular weight excluding hydrogens is 202 g/mol. The molecule has 0 aromatic heterocycles. The van der Waals surface area contributed by atoms with Crippen LogP contribution in [-0.4, -0.2) is 19.3 Å². The molecule has 2 rings (SSSR count). The Bertz CT molecular complexity index is 332. The van der Waals surface area contributed by atoms with Gasteiger partial charge in [-0.3, -0.25) is 0 Å². The van der Waals surface area contributed by atoms with Gasteiger partial charge in [-0.05, 0) is 37.5 Å². The zero-order valence-corrected chi connectivity index (χ0v) is 9.69. The number of rotatable bonds is 3. The maximum absolute atomic E-state index is 5.87. The van der Waals surface area contributed by atoms with E-state index in [1.165, 1.54) is 0 Å². The third kappa shape index (κ3) is 2.97. The third-order valence-corrected chi connectivity index (χ3v) is 2.81. The highest BCUT2D eigenvalue weighted by Crippen LogP contribution is 2.20. The predicted molar refractivity (Wildman–Crippen MR) is 63.5 cm³/mol. The molecule has 0 spiro atoms. The summed E-state index contributed by atoms with van der Waals surface area (Å²) in [5, 5.41) is 0. The molecule has 0 aliphatic carbocycles. The number of hydrogen-bond acceptors (Lipinski definition) is 3. The molecular formula is C13H19NO2. The minimum Gasteiger partial charge on any atom is -0.488 e. The summed E-state index contributed by atoms with van der Waals surface area (Å²) in [6.07, 6.45) is 2.34. The third-order valence-electron chi connectivity index (χ3n) is 2.81. The Morgan fingerprint density at radius 3 is 3.06 bits per heavy atom. The van der Waals surface area contributed by atoms with Crippen LogP contribution in [0.25, 0.3) is 0 Å². The van der Waals surface area contributed by atoms with E-state index >= 15 is 0 Å². The fourth-order valence-corrected chi connectivity index (χ4v) is 1.87. The van der Waals surface area contributed by atoms with Gasteiger partial charge in [-0.1, -0.05) is 12.1 Å². The first kappa shape index (κ1) is 11.4. The standard InChI is InChI=1S/C13H19NO2/c1-10(14)11-4-2-5-12(8-11)16-13-6-3-7-15-9-13/h2,4-5,8,10,13H,3,6-7,9,14H2,1H3/t10-,13?/m0/s1. The van der Waals surface area contributed by atoms with Crippen LogP contribution in [0.3, 0.4) is 0 Å². The van der Waals surface area contributed by atoms with Gasteiger partial charge in [0, 0.05) is 12.6 Å². The highest BCUT2D eigenvalue weighted by molar-refractivity contribution is 5.30. The van der Waals surface area contributed by atoms with Gasteiger partial charge in [-0.25, -0.2) is 0 Å². The van der Waals surface area contributed by atoms with Gasteiger partial charge in [0.1, 0.15) is 11.9 Å². The second-order valence-corrected chi connectivity index (χ2v) is 4.32. The van der Waals surface area contributed by atoms with Crippen molar-refractivity contribution >= 4 is 0 Å². The summed E-state index contributed by atoms with van der Waals surface area (Å²) in [7, 11) is 0. The van der Waals surface area contributed by atoms with E-state index in [2.05, 4.69) is 0 Å². The molecule has 0 bridgehead atoms. The Labute approximate surface area is 96.5 Å². The van der Waals surface area contributed by atoms with Crippen molar-refractivity contribution in [2.75, 3.05) is 13.2 Å². The molecule has 0 saturated carbocycles. The predicted octanol–water partition coefficient (Wildman–Crippen LogP) is 2.26. The molecule has 0 amide bonds. The summed E-state index contributed by atoms with van der Waals surface area (Å²) in [6, 6.07) is 8.04. The largest absolute Gasteiger partial charge is 0.488 e. The quantitative estimate of drug-likeness (QED) is 0.851. The highest BCUT2D eigenvalue weighted by Gasteiger charge is 2.15. The first-order chi connectivity index (χ1) is 7.75. The minimum absolute atomic E-state index is 0.0474. The Morgan fingerprint density at radius 1 is 1.50 bits per heavy atom. The average molecular weight is 221 g/mol. The van der Waals surface area contributed by atoms with E-state index in [1.807, 2.05) is 31.2 Å². The molecule has 88 valence electrons. The van der Waals surface area contributed by atoms with Gasteiger partial charge in [-0.15, -0.1) is 0 Å². The van der Waals surface area contributed by atoms with Gasteiger partial charge in [0.25, 0.3) is 0 Å². The maximum atomic E-state index is 5.87. The molecule has 3 nitrogen and oxygen atoms in total. The van der Waals surface area contributed by atoms with Crippen molar-refractivity contribution in [3.8, 4) is 5.75 Å². The molecule has 1 unspecified atom stereocenters. The normalized spacial score (nSPS) is 22.8. The fraction of sp³-hybridized carbons (Fsp3) is 0.538. The average Bonchev–Trinajstić information content (AvgIpc) is 2.30. The summed E-state index contributed by atoms with van der Waals surface area (Å²) in [4.78, 5) is 0. The lowest BCUT2D eigenvalue weighted by atomic mass is 10.1. The zero-order chi connectivity index (χ0) is 11.4. The monoisotopic (exact) mass is 221 g/mol. The van der Waals surface area contributed by atoms with Crippen molar-refractivity contribution in [3.63, 3.8) is 0 Å². The van der Waals surface area contributed by atoms with Crippen LogP contribution >= 0.6 is 0 Å². The van der Waals surface area contributed by atoms with Gasteiger partial charge in [0.05, 0.1) is 6.61 Å². The highest BCUT2D eigenvalue weighted by atomic mass is 16.5. The molecule has 1 aliphatic heterocycles. The van der Waals surface area contributed by atoms with Crippen molar-refractivity contribution in [1.82, 2.24) is 0 Å². The lowest BCUT2D eigenvalue weighted by Crippen LogP contribution is -2.28. The molecule has 16 heavy (non-hydrogen) atoms. The van der Waals surface area contributed by atoms with Crippen LogP contribution < -0.4 is 10.5 Å². The Kier molecular flexibility index (Phi) is 3.80. The van der Waals surface area contributed by atoms with Gasteiger partial charge in [0.2, 0.25) is 0 Å². The Balaban J connectivity index is 2.00. The molecule has 2 N–H and O–H groups in total. The summed E-state index contributed by atoms with van der Waals surface area (Å²) in [5.74, 6) is 0.894. The first-order valence-electron chi connectivity index (χ1n) is 5.85. The van der Waals surface area contributed by atoms with Gasteiger partial charge in [0.15, 0.2) is 0 Å². The minimum atomic E-state index is 0.0474. The van der Waals surface area contributed by atoms with Crippen LogP contribution in [0, 0.1) is 0 Å². The smallest absolute Gasteiger partial charge is 0.122 e. The second kappa shape index (κ2) is 5.32. The summed E-state index contributed by atoms with van der Waals surface area (Å²) in [6.45, 7) is 3.53. The number of benzene rings is 1. The molecule has 1 aliphatic rings. The van der Waals surface area contributed by atoms with E-state index in [4.69, 9.17) is 15.2 Å². The summed E-state index contributed by atoms with van der Waals surface area (Å²) < 4.78 is 11.2. The van der Waals surface area contributed by atoms with Crippen LogP contribution in [0.5, 0.6) is 5.75 Å². The van der Waals surface area contributed by atoms with Crippen LogP contribution in [0.15, 0.2) is 24.3 Å². The van der Waals surface area contributed by atoms with Crippen LogP contribution in [-0.2, 0) is 4.74 Å². The van der Waals surface area contributed by atoms with Crippen LogP contribution in [0.2, 0.25) is 0 Å². The van der Waals surface area contributed by atoms with E-state index in [-0.39, 0.29) is 12.1 Å². The van der Waals surface area contributed by atoms with E-state index in [1.54, 1.807) is 0 Å². The molecule has 1 fully saturated rings. The Morgan fingerprint density at radius 2 is 2.38 bits per heavy atom. The van der Waals surface area contributed by atoms with Crippen molar-refractivity contribution < 1.29 is 9.47 Å². The molecule has 1 heterocycles. The van der Waals surface area contributed by atoms with Crippen molar-refractivity contribution in [1.29, 1.82) is 0 Å². The van der Waals surface area contributed by atoms with E-state index < -0.39 is 0 Å². The second-order valence-electron chi connectivity index (χ2n) is 4.32. The van der Waals surface area contributed by atoms with Crippen LogP contribution in [0.1, 0.15) is 31.4 Å². The molecule has 3 heteroatoms. The first-order valence-corrected chi connectivity index (χ1v) is 5.85. The van der Waals surface area contributed by atoms with Crippen LogP contribution in [0.4, 0.5) is 0 Å². The molecule has 2 atom stereocenters. The SMILES string of the molecule is C[C@H](N)c1cccc(OC2CCCOC2)c1. The lowest BCUT2D eigenvalue weighted by molar-refractivity contribution is 0.00739. The molecule has 0 radical (unpaired) electrons. The molecule has 1 saturated heterocycles. The topological polar surface area (TPSA) is 44.5 Å². The number of hydrogen-bond donors (Lipinski definition) is 1. The van der Waals surface area contributed by atoms with Crippen molar-refractivity contribution in [3.05, 3.63) is 29.8 Å². The number of ether oxygens (including phenoxy) is 2. The van der Waals surface area contributed by atoms with Gasteiger partial charge in [-0.2, -0.15) is 0 Å². The van der Waals surface area contributed by atoms with E-state index in [0.29, 0.717) is 6.61 Å². The zero-order valence-electron chi connectivity index (χ0n) is 9.69. The van der Waals surface area contributed by atoms with E-state index in [0.717, 1.165) is 30.8 Å². The summed E-state index contributed by atoms with van der Waals surface area (Å²) in [5.41, 5.74) is 6.94. The van der Waals surface area contributed by atoms with E-state index in [9.17, 15) is 0 Å². The van der Waals surface area contributed by atoms with Crippen molar-refractivity contribution in [2.24, 2.45) is 5.73 Å². The number of nitrogens with two attached hydrogens (primary N) is 1. The summed E-state index contributed by atoms with van der Waals surface area (Å²) >= 11 is 0. The molecule has 1 aromatic carbocycles. The van der Waals surface area contributed by atoms with Gasteiger partial charge < -0.3 is 15.2 Å². The lowest BCUT2D eigenvalue weighted by Gasteiger charge is -2.23. The van der Waals surface area contributed by atoms with Crippen molar-refractivity contribution in [2.45, 2.75) is 31.9 Å². The Hall–Kier alpha value is -1.06. The maximum Gasteiger partial charge on any atom is 0.122 e. The fourth-order valence-electron chi connectivity index (χ4n) is 1.87. The van der Waals surface area contributed by atoms with Gasteiger partial charge >= 0.3 is 0 Å².